The van der Waals surface area contributed by atoms with Crippen LogP contribution in [0.1, 0.15) is 19.4 Å². The monoisotopic (exact) mass is 207 g/mol. The van der Waals surface area contributed by atoms with E-state index in [1.807, 2.05) is 30.3 Å². The van der Waals surface area contributed by atoms with Gasteiger partial charge >= 0.3 is 5.97 Å². The maximum Gasteiger partial charge on any atom is 0.304 e. The van der Waals surface area contributed by atoms with Crippen molar-refractivity contribution >= 4 is 5.97 Å². The van der Waals surface area contributed by atoms with Crippen molar-refractivity contribution < 1.29 is 9.53 Å². The molecule has 0 aromatic heterocycles. The Morgan fingerprint density at radius 2 is 2.00 bits per heavy atom. The Bertz CT molecular complexity index is 350. The predicted octanol–water partition coefficient (Wildman–Crippen LogP) is 2.27. The van der Waals surface area contributed by atoms with E-state index >= 15 is 0 Å². The van der Waals surface area contributed by atoms with Crippen molar-refractivity contribution in [3.63, 3.8) is 0 Å². The van der Waals surface area contributed by atoms with Crippen molar-refractivity contribution in [2.75, 3.05) is 0 Å². The summed E-state index contributed by atoms with van der Waals surface area (Å²) < 4.78 is 4.87. The lowest BCUT2D eigenvalue weighted by molar-refractivity contribution is -0.154. The molecule has 1 rings (SSSR count). The van der Waals surface area contributed by atoms with Crippen LogP contribution in [0.3, 0.4) is 0 Å². The maximum absolute atomic E-state index is 10.8. The average molecular weight is 207 g/mol. The van der Waals surface area contributed by atoms with E-state index in [0.717, 1.165) is 5.56 Å². The van der Waals surface area contributed by atoms with E-state index in [1.54, 1.807) is 0 Å². The van der Waals surface area contributed by atoms with E-state index in [9.17, 15) is 9.70 Å². The van der Waals surface area contributed by atoms with Crippen molar-refractivity contribution in [2.45, 2.75) is 26.0 Å². The lowest BCUT2D eigenvalue weighted by Crippen LogP contribution is -2.30. The van der Waals surface area contributed by atoms with Crippen LogP contribution in [0.15, 0.2) is 35.5 Å². The molecule has 0 aliphatic heterocycles. The minimum absolute atomic E-state index is 0.289. The lowest BCUT2D eigenvalue weighted by atomic mass is 10.1. The molecule has 15 heavy (non-hydrogen) atoms. The highest BCUT2D eigenvalue weighted by molar-refractivity contribution is 5.66. The Morgan fingerprint density at radius 3 is 2.47 bits per heavy atom. The Balaban J connectivity index is 2.76. The lowest BCUT2D eigenvalue weighted by Gasteiger charge is -2.20. The van der Waals surface area contributed by atoms with Gasteiger partial charge in [-0.15, -0.1) is 4.91 Å². The number of carbonyl (C=O) groups is 1. The molecule has 0 amide bonds. The second-order valence-corrected chi connectivity index (χ2v) is 3.52. The number of esters is 1. The molecule has 80 valence electrons. The summed E-state index contributed by atoms with van der Waals surface area (Å²) in [7, 11) is 0. The van der Waals surface area contributed by atoms with Gasteiger partial charge in [0.1, 0.15) is 0 Å². The third kappa shape index (κ3) is 3.50. The summed E-state index contributed by atoms with van der Waals surface area (Å²) in [5, 5.41) is 2.86. The van der Waals surface area contributed by atoms with Gasteiger partial charge in [-0.1, -0.05) is 30.3 Å². The maximum atomic E-state index is 10.8. The van der Waals surface area contributed by atoms with Crippen molar-refractivity contribution in [3.8, 4) is 0 Å². The van der Waals surface area contributed by atoms with Crippen LogP contribution in [0.5, 0.6) is 0 Å². The molecule has 0 aliphatic carbocycles. The molecule has 0 fully saturated rings. The molecule has 4 heteroatoms. The Hall–Kier alpha value is -1.71. The highest BCUT2D eigenvalue weighted by Gasteiger charge is 2.29. The Labute approximate surface area is 88.2 Å². The number of hydrogen-bond donors (Lipinski definition) is 0. The average Bonchev–Trinajstić information content (AvgIpc) is 2.18. The summed E-state index contributed by atoms with van der Waals surface area (Å²) in [5.74, 6) is -0.506. The zero-order valence-corrected chi connectivity index (χ0v) is 8.77. The first-order valence-electron chi connectivity index (χ1n) is 4.64. The fourth-order valence-corrected chi connectivity index (χ4v) is 1.37. The number of ether oxygens (including phenoxy) is 1. The molecule has 0 aliphatic rings. The quantitative estimate of drug-likeness (QED) is 0.562. The molecular formula is C11H13NO3. The van der Waals surface area contributed by atoms with Crippen LogP contribution >= 0.6 is 0 Å². The van der Waals surface area contributed by atoms with E-state index in [1.165, 1.54) is 13.8 Å². The molecule has 1 atom stereocenters. The second-order valence-electron chi connectivity index (χ2n) is 3.52. The van der Waals surface area contributed by atoms with Gasteiger partial charge in [-0.3, -0.25) is 4.79 Å². The van der Waals surface area contributed by atoms with E-state index < -0.39 is 11.7 Å². The molecule has 0 saturated heterocycles. The van der Waals surface area contributed by atoms with Crippen molar-refractivity contribution in [2.24, 2.45) is 5.18 Å². The topological polar surface area (TPSA) is 55.7 Å². The molecule has 0 heterocycles. The number of carbonyl (C=O) groups excluding carboxylic acids is 1. The van der Waals surface area contributed by atoms with Crippen LogP contribution in [-0.4, -0.2) is 11.7 Å². The van der Waals surface area contributed by atoms with Gasteiger partial charge in [-0.25, -0.2) is 0 Å². The molecular weight excluding hydrogens is 194 g/mol. The van der Waals surface area contributed by atoms with E-state index in [4.69, 9.17) is 4.74 Å². The van der Waals surface area contributed by atoms with Gasteiger partial charge in [0.2, 0.25) is 5.72 Å². The molecule has 4 nitrogen and oxygen atoms in total. The molecule has 1 unspecified atom stereocenters. The first-order chi connectivity index (χ1) is 7.06. The minimum Gasteiger partial charge on any atom is -0.434 e. The van der Waals surface area contributed by atoms with Crippen LogP contribution in [0.4, 0.5) is 0 Å². The van der Waals surface area contributed by atoms with Crippen molar-refractivity contribution in [1.82, 2.24) is 0 Å². The zero-order valence-electron chi connectivity index (χ0n) is 8.77. The minimum atomic E-state index is -1.31. The van der Waals surface area contributed by atoms with Gasteiger partial charge in [0, 0.05) is 20.3 Å². The fraction of sp³-hybridized carbons (Fsp3) is 0.364. The molecule has 0 N–H and O–H groups in total. The first-order valence-corrected chi connectivity index (χ1v) is 4.64. The molecule has 0 radical (unpaired) electrons. The predicted molar refractivity (Wildman–Crippen MR) is 56.1 cm³/mol. The largest absolute Gasteiger partial charge is 0.434 e. The second kappa shape index (κ2) is 4.68. The summed E-state index contributed by atoms with van der Waals surface area (Å²) in [5.41, 5.74) is -0.409. The smallest absolute Gasteiger partial charge is 0.304 e. The van der Waals surface area contributed by atoms with Crippen LogP contribution in [0, 0.1) is 4.91 Å². The third-order valence-electron chi connectivity index (χ3n) is 1.93. The number of hydrogen-bond acceptors (Lipinski definition) is 4. The standard InChI is InChI=1S/C11H13NO3/c1-9(13)15-11(2,12-14)8-10-6-4-3-5-7-10/h3-7H,8H2,1-2H3. The first kappa shape index (κ1) is 11.4. The summed E-state index contributed by atoms with van der Waals surface area (Å²) in [6.07, 6.45) is 0.289. The van der Waals surface area contributed by atoms with Gasteiger partial charge < -0.3 is 4.74 Å². The third-order valence-corrected chi connectivity index (χ3v) is 1.93. The van der Waals surface area contributed by atoms with Crippen LogP contribution in [0.25, 0.3) is 0 Å². The summed E-state index contributed by atoms with van der Waals surface area (Å²) in [6.45, 7) is 2.75. The molecule has 0 bridgehead atoms. The van der Waals surface area contributed by atoms with Gasteiger partial charge in [0.05, 0.1) is 0 Å². The molecule has 0 saturated carbocycles. The molecule has 1 aromatic carbocycles. The number of nitrogens with zero attached hydrogens (tertiary/aromatic N) is 1. The highest BCUT2D eigenvalue weighted by Crippen LogP contribution is 2.19. The number of rotatable bonds is 4. The number of benzene rings is 1. The van der Waals surface area contributed by atoms with Crippen molar-refractivity contribution in [1.29, 1.82) is 0 Å². The fourth-order valence-electron chi connectivity index (χ4n) is 1.37. The van der Waals surface area contributed by atoms with Gasteiger partial charge in [-0.2, -0.15) is 0 Å². The van der Waals surface area contributed by atoms with Crippen LogP contribution in [0.2, 0.25) is 0 Å². The van der Waals surface area contributed by atoms with E-state index in [2.05, 4.69) is 5.18 Å². The molecule has 1 aromatic rings. The number of nitroso groups, excluding NO2 is 1. The zero-order chi connectivity index (χ0) is 11.3. The normalized spacial score (nSPS) is 14.0. The van der Waals surface area contributed by atoms with E-state index in [0.29, 0.717) is 0 Å². The van der Waals surface area contributed by atoms with Crippen LogP contribution < -0.4 is 0 Å². The SMILES string of the molecule is CC(=O)OC(C)(Cc1ccccc1)N=O. The molecule has 0 spiro atoms. The van der Waals surface area contributed by atoms with Crippen molar-refractivity contribution in [3.05, 3.63) is 40.8 Å². The summed E-state index contributed by atoms with van der Waals surface area (Å²) in [6, 6.07) is 9.30. The summed E-state index contributed by atoms with van der Waals surface area (Å²) >= 11 is 0. The van der Waals surface area contributed by atoms with Gasteiger partial charge in [-0.05, 0) is 10.7 Å². The van der Waals surface area contributed by atoms with E-state index in [-0.39, 0.29) is 6.42 Å². The Morgan fingerprint density at radius 1 is 1.40 bits per heavy atom. The van der Waals surface area contributed by atoms with Gasteiger partial charge in [0.25, 0.3) is 0 Å². The Kier molecular flexibility index (Phi) is 3.55. The van der Waals surface area contributed by atoms with Crippen LogP contribution in [-0.2, 0) is 16.0 Å². The summed E-state index contributed by atoms with van der Waals surface area (Å²) in [4.78, 5) is 21.4. The van der Waals surface area contributed by atoms with Gasteiger partial charge in [0.15, 0.2) is 0 Å². The highest BCUT2D eigenvalue weighted by atomic mass is 16.6.